The Bertz CT molecular complexity index is 738. The molecule has 1 amide bonds. The van der Waals surface area contributed by atoms with Crippen molar-refractivity contribution in [3.63, 3.8) is 0 Å². The Hall–Kier alpha value is -2.57. The molecule has 1 N–H and O–H groups in total. The van der Waals surface area contributed by atoms with Crippen LogP contribution in [0.4, 0.5) is 0 Å². The first-order valence-corrected chi connectivity index (χ1v) is 7.52. The van der Waals surface area contributed by atoms with Gasteiger partial charge in [0.1, 0.15) is 5.76 Å². The van der Waals surface area contributed by atoms with Crippen LogP contribution in [0, 0.1) is 13.8 Å². The second-order valence-electron chi connectivity index (χ2n) is 5.98. The predicted octanol–water partition coefficient (Wildman–Crippen LogP) is 1.81. The predicted molar refractivity (Wildman–Crippen MR) is 81.2 cm³/mol. The molecule has 0 unspecified atom stereocenters. The zero-order chi connectivity index (χ0) is 16.6. The molecule has 7 heteroatoms. The van der Waals surface area contributed by atoms with E-state index < -0.39 is 11.5 Å². The maximum atomic E-state index is 12.5. The number of furan rings is 1. The van der Waals surface area contributed by atoms with E-state index in [1.165, 1.54) is 10.9 Å². The van der Waals surface area contributed by atoms with Crippen LogP contribution >= 0.6 is 0 Å². The van der Waals surface area contributed by atoms with Gasteiger partial charge in [0.25, 0.3) is 5.91 Å². The molecule has 0 saturated carbocycles. The largest absolute Gasteiger partial charge is 0.479 e. The molecule has 1 aliphatic rings. The average molecular weight is 317 g/mol. The lowest BCUT2D eigenvalue weighted by atomic mass is 9.87. The van der Waals surface area contributed by atoms with E-state index in [1.54, 1.807) is 30.3 Å². The molecule has 23 heavy (non-hydrogen) atoms. The van der Waals surface area contributed by atoms with Crippen molar-refractivity contribution in [3.05, 3.63) is 41.6 Å². The van der Waals surface area contributed by atoms with Crippen LogP contribution in [0.25, 0.3) is 0 Å². The monoisotopic (exact) mass is 317 g/mol. The third-order valence-electron chi connectivity index (χ3n) is 4.52. The summed E-state index contributed by atoms with van der Waals surface area (Å²) in [6, 6.07) is 1.65. The van der Waals surface area contributed by atoms with Crippen molar-refractivity contribution >= 4 is 11.9 Å². The molecule has 1 saturated heterocycles. The molecule has 0 atom stereocenters. The number of hydrogen-bond acceptors (Lipinski definition) is 4. The highest BCUT2D eigenvalue weighted by molar-refractivity contribution is 5.95. The number of carbonyl (C=O) groups excluding carboxylic acids is 1. The fourth-order valence-electron chi connectivity index (χ4n) is 3.04. The van der Waals surface area contributed by atoms with Crippen LogP contribution in [0.2, 0.25) is 0 Å². The van der Waals surface area contributed by atoms with Crippen LogP contribution in [0.5, 0.6) is 0 Å². The number of aromatic nitrogens is 2. The van der Waals surface area contributed by atoms with Crippen LogP contribution in [0.1, 0.15) is 34.5 Å². The summed E-state index contributed by atoms with van der Waals surface area (Å²) in [4.78, 5) is 26.0. The average Bonchev–Trinajstić information content (AvgIpc) is 3.15. The Morgan fingerprint density at radius 1 is 1.30 bits per heavy atom. The molecule has 2 aromatic heterocycles. The molecule has 122 valence electrons. The molecule has 0 radical (unpaired) electrons. The number of aliphatic carboxylic acids is 1. The van der Waals surface area contributed by atoms with E-state index >= 15 is 0 Å². The summed E-state index contributed by atoms with van der Waals surface area (Å²) in [7, 11) is 0. The van der Waals surface area contributed by atoms with Gasteiger partial charge in [-0.15, -0.1) is 0 Å². The molecule has 2 aromatic rings. The van der Waals surface area contributed by atoms with Crippen LogP contribution in [0.15, 0.2) is 29.1 Å². The zero-order valence-electron chi connectivity index (χ0n) is 13.2. The van der Waals surface area contributed by atoms with E-state index in [2.05, 4.69) is 5.10 Å². The lowest BCUT2D eigenvalue weighted by molar-refractivity contribution is -0.150. The van der Waals surface area contributed by atoms with Crippen molar-refractivity contribution in [2.24, 2.45) is 0 Å². The summed E-state index contributed by atoms with van der Waals surface area (Å²) >= 11 is 0. The highest BCUT2D eigenvalue weighted by atomic mass is 16.4. The van der Waals surface area contributed by atoms with Crippen LogP contribution in [0.3, 0.4) is 0 Å². The first-order chi connectivity index (χ1) is 10.9. The number of carbonyl (C=O) groups is 2. The molecule has 7 nitrogen and oxygen atoms in total. The van der Waals surface area contributed by atoms with Crippen molar-refractivity contribution in [2.45, 2.75) is 32.2 Å². The number of carboxylic acid groups (broad SMARTS) is 1. The van der Waals surface area contributed by atoms with E-state index in [0.29, 0.717) is 37.3 Å². The van der Waals surface area contributed by atoms with E-state index in [4.69, 9.17) is 4.42 Å². The van der Waals surface area contributed by atoms with Crippen LogP contribution < -0.4 is 0 Å². The highest BCUT2D eigenvalue weighted by Gasteiger charge is 2.45. The van der Waals surface area contributed by atoms with E-state index in [1.807, 2.05) is 6.92 Å². The number of amides is 1. The molecule has 1 fully saturated rings. The molecule has 0 aromatic carbocycles. The van der Waals surface area contributed by atoms with Crippen molar-refractivity contribution in [1.29, 1.82) is 0 Å². The summed E-state index contributed by atoms with van der Waals surface area (Å²) in [5, 5.41) is 13.9. The van der Waals surface area contributed by atoms with Gasteiger partial charge in [-0.1, -0.05) is 0 Å². The Morgan fingerprint density at radius 3 is 2.48 bits per heavy atom. The Labute approximate surface area is 133 Å². The van der Waals surface area contributed by atoms with Gasteiger partial charge in [0.2, 0.25) is 0 Å². The quantitative estimate of drug-likeness (QED) is 0.932. The molecule has 3 heterocycles. The minimum absolute atomic E-state index is 0.119. The van der Waals surface area contributed by atoms with Crippen molar-refractivity contribution in [1.82, 2.24) is 14.7 Å². The minimum atomic E-state index is -1.09. The first-order valence-electron chi connectivity index (χ1n) is 7.52. The van der Waals surface area contributed by atoms with Crippen molar-refractivity contribution < 1.29 is 19.1 Å². The van der Waals surface area contributed by atoms with Gasteiger partial charge in [-0.2, -0.15) is 5.10 Å². The fourth-order valence-corrected chi connectivity index (χ4v) is 3.04. The maximum Gasteiger partial charge on any atom is 0.331 e. The topological polar surface area (TPSA) is 88.6 Å². The van der Waals surface area contributed by atoms with Gasteiger partial charge in [-0.25, -0.2) is 4.79 Å². The molecule has 0 bridgehead atoms. The van der Waals surface area contributed by atoms with Crippen LogP contribution in [-0.4, -0.2) is 44.8 Å². The summed E-state index contributed by atoms with van der Waals surface area (Å²) in [6.45, 7) is 4.36. The van der Waals surface area contributed by atoms with Gasteiger partial charge in [-0.05, 0) is 25.5 Å². The standard InChI is InChI=1S/C16H19N3O4/c1-11-9-17-19(10-11)16(15(21)22)4-6-18(7-5-16)14(20)13-3-8-23-12(13)2/h3,8-10H,4-7H2,1-2H3,(H,21,22). The molecule has 3 rings (SSSR count). The Balaban J connectivity index is 1.79. The number of carboxylic acids is 1. The summed E-state index contributed by atoms with van der Waals surface area (Å²) < 4.78 is 6.70. The van der Waals surface area contributed by atoms with Gasteiger partial charge in [-0.3, -0.25) is 9.48 Å². The highest BCUT2D eigenvalue weighted by Crippen LogP contribution is 2.31. The van der Waals surface area contributed by atoms with Crippen LogP contribution in [-0.2, 0) is 10.3 Å². The number of piperidine rings is 1. The van der Waals surface area contributed by atoms with E-state index in [-0.39, 0.29) is 5.91 Å². The molecular formula is C16H19N3O4. The van der Waals surface area contributed by atoms with E-state index in [0.717, 1.165) is 5.56 Å². The molecular weight excluding hydrogens is 298 g/mol. The molecule has 0 aliphatic carbocycles. The van der Waals surface area contributed by atoms with Gasteiger partial charge in [0, 0.05) is 32.1 Å². The number of hydrogen-bond donors (Lipinski definition) is 1. The second kappa shape index (κ2) is 5.57. The number of likely N-dealkylation sites (tertiary alicyclic amines) is 1. The first kappa shape index (κ1) is 15.3. The minimum Gasteiger partial charge on any atom is -0.479 e. The molecule has 1 aliphatic heterocycles. The second-order valence-corrected chi connectivity index (χ2v) is 5.98. The third kappa shape index (κ3) is 2.52. The Kier molecular flexibility index (Phi) is 3.71. The third-order valence-corrected chi connectivity index (χ3v) is 4.52. The summed E-state index contributed by atoms with van der Waals surface area (Å²) in [5.41, 5.74) is 0.358. The number of nitrogens with zero attached hydrogens (tertiary/aromatic N) is 3. The van der Waals surface area contributed by atoms with Gasteiger partial charge >= 0.3 is 5.97 Å². The fraction of sp³-hybridized carbons (Fsp3) is 0.438. The lowest BCUT2D eigenvalue weighted by Crippen LogP contribution is -2.52. The number of rotatable bonds is 3. The maximum absolute atomic E-state index is 12.5. The van der Waals surface area contributed by atoms with Gasteiger partial charge in [0.15, 0.2) is 5.54 Å². The van der Waals surface area contributed by atoms with Gasteiger partial charge < -0.3 is 14.4 Å². The summed E-state index contributed by atoms with van der Waals surface area (Å²) in [6.07, 6.45) is 5.53. The van der Waals surface area contributed by atoms with Crippen molar-refractivity contribution in [3.8, 4) is 0 Å². The SMILES string of the molecule is Cc1cnn(C2(C(=O)O)CCN(C(=O)c3ccoc3C)CC2)c1. The van der Waals surface area contributed by atoms with E-state index in [9.17, 15) is 14.7 Å². The lowest BCUT2D eigenvalue weighted by Gasteiger charge is -2.38. The normalized spacial score (nSPS) is 17.2. The zero-order valence-corrected chi connectivity index (χ0v) is 13.2. The summed E-state index contributed by atoms with van der Waals surface area (Å²) in [5.74, 6) is -0.452. The molecule has 0 spiro atoms. The Morgan fingerprint density at radius 2 is 2.00 bits per heavy atom. The van der Waals surface area contributed by atoms with Gasteiger partial charge in [0.05, 0.1) is 18.0 Å². The van der Waals surface area contributed by atoms with Crippen molar-refractivity contribution in [2.75, 3.05) is 13.1 Å². The smallest absolute Gasteiger partial charge is 0.331 e. The number of aryl methyl sites for hydroxylation is 2.